The summed E-state index contributed by atoms with van der Waals surface area (Å²) in [5.41, 5.74) is 8.86. The lowest BCUT2D eigenvalue weighted by molar-refractivity contribution is 0.620. The number of hydrogen-bond donors (Lipinski definition) is 0. The Labute approximate surface area is 202 Å². The molecule has 4 aromatic carbocycles. The van der Waals surface area contributed by atoms with E-state index in [9.17, 15) is 0 Å². The smallest absolute Gasteiger partial charge is 0.227 e. The molecule has 2 aromatic heterocycles. The summed E-state index contributed by atoms with van der Waals surface area (Å²) in [6.07, 6.45) is 3.64. The second-order valence-electron chi connectivity index (χ2n) is 8.08. The van der Waals surface area contributed by atoms with Gasteiger partial charge < -0.3 is 4.42 Å². The van der Waals surface area contributed by atoms with E-state index in [1.54, 1.807) is 6.20 Å². The molecule has 162 valence electrons. The fourth-order valence-corrected chi connectivity index (χ4v) is 4.36. The molecule has 0 bridgehead atoms. The molecule has 0 fully saturated rings. The maximum absolute atomic E-state index is 6.45. The molecule has 34 heavy (non-hydrogen) atoms. The van der Waals surface area contributed by atoms with Crippen molar-refractivity contribution in [3.05, 3.63) is 121 Å². The van der Waals surface area contributed by atoms with E-state index in [-0.39, 0.29) is 0 Å². The quantitative estimate of drug-likeness (QED) is 0.265. The zero-order valence-electron chi connectivity index (χ0n) is 18.2. The van der Waals surface area contributed by atoms with E-state index in [0.29, 0.717) is 16.5 Å². The maximum Gasteiger partial charge on any atom is 0.227 e. The van der Waals surface area contributed by atoms with Crippen molar-refractivity contribution in [3.8, 4) is 44.8 Å². The highest BCUT2D eigenvalue weighted by atomic mass is 35.5. The van der Waals surface area contributed by atoms with Crippen molar-refractivity contribution in [1.82, 2.24) is 9.97 Å². The molecule has 0 amide bonds. The van der Waals surface area contributed by atoms with Crippen LogP contribution in [-0.4, -0.2) is 9.97 Å². The minimum absolute atomic E-state index is 0.574. The molecule has 0 saturated heterocycles. The Morgan fingerprint density at radius 2 is 1.21 bits per heavy atom. The largest absolute Gasteiger partial charge is 0.436 e. The molecule has 6 aromatic rings. The number of halogens is 1. The molecule has 0 saturated carbocycles. The van der Waals surface area contributed by atoms with Crippen LogP contribution in [0.15, 0.2) is 120 Å². The summed E-state index contributed by atoms with van der Waals surface area (Å²) in [6.45, 7) is 0. The van der Waals surface area contributed by atoms with Crippen molar-refractivity contribution in [2.45, 2.75) is 0 Å². The van der Waals surface area contributed by atoms with Crippen LogP contribution in [0.3, 0.4) is 0 Å². The molecule has 0 aliphatic rings. The lowest BCUT2D eigenvalue weighted by atomic mass is 10.0. The van der Waals surface area contributed by atoms with E-state index in [4.69, 9.17) is 21.0 Å². The molecule has 2 heterocycles. The van der Waals surface area contributed by atoms with Crippen LogP contribution in [0.4, 0.5) is 0 Å². The third-order valence-corrected chi connectivity index (χ3v) is 6.11. The zero-order chi connectivity index (χ0) is 22.9. The van der Waals surface area contributed by atoms with Gasteiger partial charge in [0.25, 0.3) is 0 Å². The van der Waals surface area contributed by atoms with Crippen LogP contribution in [0.2, 0.25) is 5.02 Å². The third kappa shape index (κ3) is 3.87. The summed E-state index contributed by atoms with van der Waals surface area (Å²) in [4.78, 5) is 9.06. The van der Waals surface area contributed by atoms with Crippen molar-refractivity contribution in [2.24, 2.45) is 0 Å². The molecule has 0 N–H and O–H groups in total. The van der Waals surface area contributed by atoms with Gasteiger partial charge in [-0.2, -0.15) is 0 Å². The number of hydrogen-bond acceptors (Lipinski definition) is 3. The molecule has 0 aliphatic carbocycles. The maximum atomic E-state index is 6.45. The highest BCUT2D eigenvalue weighted by Crippen LogP contribution is 2.36. The van der Waals surface area contributed by atoms with Gasteiger partial charge in [-0.05, 0) is 52.1 Å². The van der Waals surface area contributed by atoms with Gasteiger partial charge in [0.15, 0.2) is 5.58 Å². The van der Waals surface area contributed by atoms with Gasteiger partial charge in [0.1, 0.15) is 5.52 Å². The average molecular weight is 459 g/mol. The van der Waals surface area contributed by atoms with Crippen molar-refractivity contribution in [3.63, 3.8) is 0 Å². The minimum atomic E-state index is 0.574. The Morgan fingerprint density at radius 1 is 0.588 bits per heavy atom. The van der Waals surface area contributed by atoms with Gasteiger partial charge in [-0.3, -0.25) is 4.98 Å². The molecular weight excluding hydrogens is 440 g/mol. The van der Waals surface area contributed by atoms with Gasteiger partial charge in [0.2, 0.25) is 5.89 Å². The Kier molecular flexibility index (Phi) is 5.17. The first-order valence-electron chi connectivity index (χ1n) is 11.0. The fraction of sp³-hybridized carbons (Fsp3) is 0. The van der Waals surface area contributed by atoms with Crippen LogP contribution in [0.25, 0.3) is 55.9 Å². The Balaban J connectivity index is 1.38. The van der Waals surface area contributed by atoms with Crippen LogP contribution in [-0.2, 0) is 0 Å². The highest BCUT2D eigenvalue weighted by molar-refractivity contribution is 6.31. The summed E-state index contributed by atoms with van der Waals surface area (Å²) < 4.78 is 6.13. The second kappa shape index (κ2) is 8.62. The van der Waals surface area contributed by atoms with Crippen LogP contribution in [0, 0.1) is 0 Å². The minimum Gasteiger partial charge on any atom is -0.436 e. The summed E-state index contributed by atoms with van der Waals surface area (Å²) in [5.74, 6) is 0.574. The average Bonchev–Trinajstić information content (AvgIpc) is 3.33. The van der Waals surface area contributed by atoms with E-state index in [1.165, 1.54) is 5.56 Å². The highest BCUT2D eigenvalue weighted by Gasteiger charge is 2.15. The first-order valence-corrected chi connectivity index (χ1v) is 11.4. The molecule has 3 nitrogen and oxygen atoms in total. The van der Waals surface area contributed by atoms with Crippen LogP contribution < -0.4 is 0 Å². The van der Waals surface area contributed by atoms with Crippen molar-refractivity contribution < 1.29 is 4.42 Å². The predicted octanol–water partition coefficient (Wildman–Crippen LogP) is 8.54. The monoisotopic (exact) mass is 458 g/mol. The molecule has 0 atom stereocenters. The van der Waals surface area contributed by atoms with Crippen LogP contribution in [0.1, 0.15) is 0 Å². The molecule has 6 rings (SSSR count). The number of fused-ring (bicyclic) bond motifs is 1. The summed E-state index contributed by atoms with van der Waals surface area (Å²) >= 11 is 6.45. The number of pyridine rings is 1. The number of nitrogens with zero attached hydrogens (tertiary/aromatic N) is 2. The second-order valence-corrected chi connectivity index (χ2v) is 8.52. The van der Waals surface area contributed by atoms with E-state index < -0.39 is 0 Å². The van der Waals surface area contributed by atoms with E-state index in [0.717, 1.165) is 38.9 Å². The van der Waals surface area contributed by atoms with Gasteiger partial charge in [-0.1, -0.05) is 84.4 Å². The molecule has 0 unspecified atom stereocenters. The van der Waals surface area contributed by atoms with E-state index in [2.05, 4.69) is 53.5 Å². The Morgan fingerprint density at radius 3 is 1.91 bits per heavy atom. The lowest BCUT2D eigenvalue weighted by Gasteiger charge is -2.06. The van der Waals surface area contributed by atoms with E-state index in [1.807, 2.05) is 60.8 Å². The van der Waals surface area contributed by atoms with Crippen LogP contribution in [0.5, 0.6) is 0 Å². The first kappa shape index (κ1) is 20.4. The normalized spacial score (nSPS) is 11.1. The van der Waals surface area contributed by atoms with E-state index >= 15 is 0 Å². The Hall–Kier alpha value is -4.21. The zero-order valence-corrected chi connectivity index (χ0v) is 18.9. The van der Waals surface area contributed by atoms with Gasteiger partial charge >= 0.3 is 0 Å². The number of aromatic nitrogens is 2. The van der Waals surface area contributed by atoms with Gasteiger partial charge in [0, 0.05) is 34.6 Å². The molecule has 0 radical (unpaired) electrons. The Bertz CT molecular complexity index is 1570. The summed E-state index contributed by atoms with van der Waals surface area (Å²) in [6, 6.07) is 34.6. The van der Waals surface area contributed by atoms with Crippen LogP contribution >= 0.6 is 11.6 Å². The van der Waals surface area contributed by atoms with Gasteiger partial charge in [-0.15, -0.1) is 0 Å². The molecule has 0 spiro atoms. The first-order chi connectivity index (χ1) is 16.7. The van der Waals surface area contributed by atoms with Crippen molar-refractivity contribution in [1.29, 1.82) is 0 Å². The fourth-order valence-electron chi connectivity index (χ4n) is 4.15. The molecule has 4 heteroatoms. The van der Waals surface area contributed by atoms with Crippen molar-refractivity contribution >= 4 is 22.7 Å². The summed E-state index contributed by atoms with van der Waals surface area (Å²) in [5, 5.41) is 0.612. The topological polar surface area (TPSA) is 38.9 Å². The standard InChI is InChI=1S/C30H19ClN2O/c31-26-17-27(23-12-8-22(9-13-23)25-7-4-16-32-19-25)29-28(18-26)34-30(33-29)24-14-10-21(11-15-24)20-5-2-1-3-6-20/h1-19H. The number of rotatable bonds is 4. The predicted molar refractivity (Wildman–Crippen MR) is 139 cm³/mol. The summed E-state index contributed by atoms with van der Waals surface area (Å²) in [7, 11) is 0. The molecule has 0 aliphatic heterocycles. The number of oxazole rings is 1. The lowest BCUT2D eigenvalue weighted by Crippen LogP contribution is -1.84. The molecular formula is C30H19ClN2O. The third-order valence-electron chi connectivity index (χ3n) is 5.89. The van der Waals surface area contributed by atoms with Gasteiger partial charge in [-0.25, -0.2) is 4.98 Å². The number of benzene rings is 4. The van der Waals surface area contributed by atoms with Crippen molar-refractivity contribution in [2.75, 3.05) is 0 Å². The van der Waals surface area contributed by atoms with Gasteiger partial charge in [0.05, 0.1) is 0 Å². The SMILES string of the molecule is Clc1cc(-c2ccc(-c3cccnc3)cc2)c2nc(-c3ccc(-c4ccccc4)cc3)oc2c1.